The number of para-hydroxylation sites is 1. The number of nitrogens with one attached hydrogen (secondary N) is 2. The van der Waals surface area contributed by atoms with Crippen LogP contribution in [0.4, 0.5) is 10.1 Å². The van der Waals surface area contributed by atoms with Crippen molar-refractivity contribution in [2.75, 3.05) is 17.6 Å². The van der Waals surface area contributed by atoms with E-state index in [1.54, 1.807) is 42.5 Å². The number of rotatable bonds is 9. The Morgan fingerprint density at radius 3 is 2.58 bits per heavy atom. The van der Waals surface area contributed by atoms with Gasteiger partial charge in [0.15, 0.2) is 11.0 Å². The minimum Gasteiger partial charge on any atom is -0.352 e. The first kappa shape index (κ1) is 23.0. The van der Waals surface area contributed by atoms with E-state index in [4.69, 9.17) is 0 Å². The van der Waals surface area contributed by atoms with Crippen molar-refractivity contribution in [2.45, 2.75) is 37.9 Å². The number of thioether (sulfide) groups is 1. The van der Waals surface area contributed by atoms with Crippen molar-refractivity contribution in [1.29, 1.82) is 0 Å². The van der Waals surface area contributed by atoms with Gasteiger partial charge < -0.3 is 10.6 Å². The molecule has 9 heteroatoms. The Balaban J connectivity index is 1.45. The number of hydrogen-bond donors (Lipinski definition) is 2. The average Bonchev–Trinajstić information content (AvgIpc) is 3.56. The van der Waals surface area contributed by atoms with Crippen LogP contribution in [-0.4, -0.2) is 38.9 Å². The summed E-state index contributed by atoms with van der Waals surface area (Å²) in [6.07, 6.45) is 1.94. The van der Waals surface area contributed by atoms with Gasteiger partial charge in [0, 0.05) is 12.6 Å². The van der Waals surface area contributed by atoms with E-state index in [2.05, 4.69) is 20.8 Å². The zero-order valence-electron chi connectivity index (χ0n) is 18.5. The fraction of sp³-hybridized carbons (Fsp3) is 0.333. The van der Waals surface area contributed by atoms with Gasteiger partial charge in [0.2, 0.25) is 5.91 Å². The maximum atomic E-state index is 14.3. The van der Waals surface area contributed by atoms with Gasteiger partial charge in [-0.1, -0.05) is 49.9 Å². The number of carbonyl (C=O) groups excluding carboxylic acids is 2. The summed E-state index contributed by atoms with van der Waals surface area (Å²) in [4.78, 5) is 25.2. The third-order valence-corrected chi connectivity index (χ3v) is 6.08. The smallest absolute Gasteiger partial charge is 0.253 e. The number of halogens is 1. The monoisotopic (exact) mass is 467 g/mol. The summed E-state index contributed by atoms with van der Waals surface area (Å²) < 4.78 is 16.2. The summed E-state index contributed by atoms with van der Waals surface area (Å²) in [5.74, 6) is 0.0471. The number of nitrogens with zero attached hydrogens (tertiary/aromatic N) is 3. The lowest BCUT2D eigenvalue weighted by Crippen LogP contribution is -2.28. The molecule has 1 aliphatic carbocycles. The largest absolute Gasteiger partial charge is 0.352 e. The molecule has 3 aromatic rings. The van der Waals surface area contributed by atoms with E-state index in [9.17, 15) is 14.0 Å². The number of aromatic nitrogens is 3. The maximum Gasteiger partial charge on any atom is 0.253 e. The van der Waals surface area contributed by atoms with Crippen molar-refractivity contribution in [1.82, 2.24) is 20.1 Å². The van der Waals surface area contributed by atoms with E-state index in [1.807, 2.05) is 18.4 Å². The SMILES string of the molecule is CC(C)CNC(=O)c1ccccc1NC(=O)CSc1nnc(-c2ccccc2F)n1C1CC1. The lowest BCUT2D eigenvalue weighted by atomic mass is 10.1. The van der Waals surface area contributed by atoms with E-state index in [-0.39, 0.29) is 29.4 Å². The van der Waals surface area contributed by atoms with Crippen LogP contribution in [0.15, 0.2) is 53.7 Å². The van der Waals surface area contributed by atoms with Crippen molar-refractivity contribution < 1.29 is 14.0 Å². The highest BCUT2D eigenvalue weighted by Crippen LogP contribution is 2.41. The number of benzene rings is 2. The summed E-state index contributed by atoms with van der Waals surface area (Å²) in [5.41, 5.74) is 1.27. The van der Waals surface area contributed by atoms with Crippen LogP contribution in [0, 0.1) is 11.7 Å². The van der Waals surface area contributed by atoms with Crippen LogP contribution in [0.3, 0.4) is 0 Å². The standard InChI is InChI=1S/C24H26FN5O2S/c1-15(2)13-26-23(32)18-8-4-6-10-20(18)27-21(31)14-33-24-29-28-22(30(24)16-11-12-16)17-7-3-5-9-19(17)25/h3-10,15-16H,11-14H2,1-2H3,(H,26,32)(H,27,31). The van der Waals surface area contributed by atoms with E-state index in [0.29, 0.717) is 40.3 Å². The molecule has 33 heavy (non-hydrogen) atoms. The highest BCUT2D eigenvalue weighted by Gasteiger charge is 2.31. The molecular formula is C24H26FN5O2S. The van der Waals surface area contributed by atoms with Gasteiger partial charge in [0.1, 0.15) is 5.82 Å². The highest BCUT2D eigenvalue weighted by molar-refractivity contribution is 7.99. The first-order valence-corrected chi connectivity index (χ1v) is 11.9. The Kier molecular flexibility index (Phi) is 7.08. The summed E-state index contributed by atoms with van der Waals surface area (Å²) in [5, 5.41) is 14.7. The molecule has 0 spiro atoms. The van der Waals surface area contributed by atoms with E-state index < -0.39 is 0 Å². The van der Waals surface area contributed by atoms with Gasteiger partial charge in [0.25, 0.3) is 5.91 Å². The molecule has 172 valence electrons. The first-order valence-electron chi connectivity index (χ1n) is 10.9. The van der Waals surface area contributed by atoms with Gasteiger partial charge in [-0.15, -0.1) is 10.2 Å². The van der Waals surface area contributed by atoms with E-state index >= 15 is 0 Å². The van der Waals surface area contributed by atoms with Crippen LogP contribution < -0.4 is 10.6 Å². The number of hydrogen-bond acceptors (Lipinski definition) is 5. The minimum atomic E-state index is -0.353. The van der Waals surface area contributed by atoms with Crippen LogP contribution in [0.5, 0.6) is 0 Å². The molecule has 1 fully saturated rings. The van der Waals surface area contributed by atoms with E-state index in [0.717, 1.165) is 12.8 Å². The first-order chi connectivity index (χ1) is 15.9. The van der Waals surface area contributed by atoms with Crippen LogP contribution in [0.25, 0.3) is 11.4 Å². The van der Waals surface area contributed by atoms with Crippen LogP contribution >= 0.6 is 11.8 Å². The van der Waals surface area contributed by atoms with Crippen molar-refractivity contribution >= 4 is 29.3 Å². The normalized spacial score (nSPS) is 13.2. The second kappa shape index (κ2) is 10.2. The fourth-order valence-electron chi connectivity index (χ4n) is 3.36. The molecule has 4 rings (SSSR count). The van der Waals surface area contributed by atoms with Crippen molar-refractivity contribution in [3.05, 3.63) is 59.9 Å². The van der Waals surface area contributed by atoms with E-state index in [1.165, 1.54) is 17.8 Å². The van der Waals surface area contributed by atoms with Gasteiger partial charge in [-0.25, -0.2) is 4.39 Å². The summed E-state index contributed by atoms with van der Waals surface area (Å²) in [6.45, 7) is 4.59. The Bertz CT molecular complexity index is 1160. The molecule has 1 aliphatic rings. The van der Waals surface area contributed by atoms with Crippen LogP contribution in [0.1, 0.15) is 43.1 Å². The molecule has 2 aromatic carbocycles. The van der Waals surface area contributed by atoms with Gasteiger partial charge in [-0.2, -0.15) is 0 Å². The average molecular weight is 468 g/mol. The number of anilines is 1. The van der Waals surface area contributed by atoms with Gasteiger partial charge >= 0.3 is 0 Å². The summed E-state index contributed by atoms with van der Waals surface area (Å²) in [6, 6.07) is 13.6. The zero-order valence-corrected chi connectivity index (χ0v) is 19.4. The predicted octanol–water partition coefficient (Wildman–Crippen LogP) is 4.54. The number of amides is 2. The molecule has 0 saturated heterocycles. The van der Waals surface area contributed by atoms with Crippen LogP contribution in [-0.2, 0) is 4.79 Å². The Morgan fingerprint density at radius 1 is 1.12 bits per heavy atom. The highest BCUT2D eigenvalue weighted by atomic mass is 32.2. The lowest BCUT2D eigenvalue weighted by Gasteiger charge is -2.13. The molecule has 7 nitrogen and oxygen atoms in total. The van der Waals surface area contributed by atoms with Gasteiger partial charge in [0.05, 0.1) is 22.6 Å². The molecule has 2 N–H and O–H groups in total. The number of carbonyl (C=O) groups is 2. The summed E-state index contributed by atoms with van der Waals surface area (Å²) >= 11 is 1.25. The molecule has 1 saturated carbocycles. The molecule has 0 radical (unpaired) electrons. The van der Waals surface area contributed by atoms with Gasteiger partial charge in [-0.3, -0.25) is 14.2 Å². The molecule has 0 aliphatic heterocycles. The minimum absolute atomic E-state index is 0.0874. The predicted molar refractivity (Wildman–Crippen MR) is 127 cm³/mol. The summed E-state index contributed by atoms with van der Waals surface area (Å²) in [7, 11) is 0. The third-order valence-electron chi connectivity index (χ3n) is 5.14. The molecule has 1 aromatic heterocycles. The Labute approximate surface area is 196 Å². The van der Waals surface area contributed by atoms with Crippen molar-refractivity contribution in [3.63, 3.8) is 0 Å². The quantitative estimate of drug-likeness (QED) is 0.451. The second-order valence-electron chi connectivity index (χ2n) is 8.37. The molecule has 2 amide bonds. The second-order valence-corrected chi connectivity index (χ2v) is 9.32. The lowest BCUT2D eigenvalue weighted by molar-refractivity contribution is -0.113. The molecular weight excluding hydrogens is 441 g/mol. The molecule has 0 bridgehead atoms. The van der Waals surface area contributed by atoms with Crippen molar-refractivity contribution in [3.8, 4) is 11.4 Å². The van der Waals surface area contributed by atoms with Crippen molar-refractivity contribution in [2.24, 2.45) is 5.92 Å². The van der Waals surface area contributed by atoms with Crippen LogP contribution in [0.2, 0.25) is 0 Å². The molecule has 0 atom stereocenters. The topological polar surface area (TPSA) is 88.9 Å². The Hall–Kier alpha value is -3.20. The third kappa shape index (κ3) is 5.60. The zero-order chi connectivity index (χ0) is 23.4. The van der Waals surface area contributed by atoms with Gasteiger partial charge in [-0.05, 0) is 43.0 Å². The molecule has 1 heterocycles. The molecule has 0 unspecified atom stereocenters. The fourth-order valence-corrected chi connectivity index (χ4v) is 4.17. The Morgan fingerprint density at radius 2 is 1.85 bits per heavy atom. The maximum absolute atomic E-state index is 14.3.